The van der Waals surface area contributed by atoms with E-state index in [1.807, 2.05) is 12.1 Å². The third kappa shape index (κ3) is 4.90. The van der Waals surface area contributed by atoms with Gasteiger partial charge in [-0.3, -0.25) is 0 Å². The van der Waals surface area contributed by atoms with Crippen LogP contribution < -0.4 is 20.7 Å². The molecule has 0 amide bonds. The fraction of sp³-hybridized carbons (Fsp3) is 0.111. The molecule has 0 bridgehead atoms. The van der Waals surface area contributed by atoms with Crippen LogP contribution in [-0.4, -0.2) is 13.3 Å². The van der Waals surface area contributed by atoms with Crippen LogP contribution in [0.1, 0.15) is 11.6 Å². The molecule has 2 atom stereocenters. The van der Waals surface area contributed by atoms with Gasteiger partial charge < -0.3 is 10.1 Å². The maximum absolute atomic E-state index is 5.75. The van der Waals surface area contributed by atoms with Gasteiger partial charge in [0.25, 0.3) is 0 Å². The predicted octanol–water partition coefficient (Wildman–Crippen LogP) is 5.98. The second-order valence-electron chi connectivity index (χ2n) is 7.09. The average molecular weight is 411 g/mol. The number of ether oxygens (including phenoxy) is 1. The van der Waals surface area contributed by atoms with Crippen LogP contribution >= 0.6 is 7.92 Å². The molecule has 0 saturated carbocycles. The Morgan fingerprint density at radius 3 is 1.93 bits per heavy atom. The summed E-state index contributed by atoms with van der Waals surface area (Å²) in [6.45, 7) is 0. The number of hydrogen-bond donors (Lipinski definition) is 1. The summed E-state index contributed by atoms with van der Waals surface area (Å²) in [5.41, 5.74) is 2.43. The number of para-hydroxylation sites is 2. The fourth-order valence-electron chi connectivity index (χ4n) is 3.64. The summed E-state index contributed by atoms with van der Waals surface area (Å²) in [7, 11) is 1.13. The highest BCUT2D eigenvalue weighted by Gasteiger charge is 2.23. The van der Waals surface area contributed by atoms with Gasteiger partial charge in [-0.2, -0.15) is 0 Å². The molecule has 4 rings (SSSR count). The van der Waals surface area contributed by atoms with Crippen LogP contribution in [-0.2, 0) is 0 Å². The van der Waals surface area contributed by atoms with E-state index in [2.05, 4.69) is 108 Å². The van der Waals surface area contributed by atoms with Crippen molar-refractivity contribution in [2.75, 3.05) is 18.6 Å². The van der Waals surface area contributed by atoms with E-state index in [1.54, 1.807) is 7.11 Å². The minimum atomic E-state index is -0.624. The van der Waals surface area contributed by atoms with Gasteiger partial charge in [0, 0.05) is 17.2 Å². The normalized spacial score (nSPS) is 12.7. The summed E-state index contributed by atoms with van der Waals surface area (Å²) in [6, 6.07) is 40.6. The number of hydrogen-bond acceptors (Lipinski definition) is 2. The molecule has 3 heteroatoms. The highest BCUT2D eigenvalue weighted by Crippen LogP contribution is 2.41. The molecule has 0 aliphatic heterocycles. The number of anilines is 1. The van der Waals surface area contributed by atoms with E-state index in [4.69, 9.17) is 4.74 Å². The Morgan fingerprint density at radius 1 is 0.700 bits per heavy atom. The molecule has 30 heavy (non-hydrogen) atoms. The Balaban J connectivity index is 1.74. The molecule has 0 aromatic heterocycles. The maximum atomic E-state index is 5.75. The molecular formula is C27H26NOP. The van der Waals surface area contributed by atoms with Crippen LogP contribution in [0.5, 0.6) is 5.75 Å². The van der Waals surface area contributed by atoms with Crippen LogP contribution in [0.15, 0.2) is 115 Å². The van der Waals surface area contributed by atoms with Crippen LogP contribution in [0.25, 0.3) is 0 Å². The summed E-state index contributed by atoms with van der Waals surface area (Å²) < 4.78 is 5.75. The number of rotatable bonds is 8. The minimum Gasteiger partial charge on any atom is -0.496 e. The van der Waals surface area contributed by atoms with E-state index in [0.717, 1.165) is 17.6 Å². The lowest BCUT2D eigenvalue weighted by Crippen LogP contribution is -2.22. The first kappa shape index (κ1) is 20.2. The van der Waals surface area contributed by atoms with Gasteiger partial charge in [0.15, 0.2) is 0 Å². The Labute approximate surface area is 180 Å². The van der Waals surface area contributed by atoms with Crippen molar-refractivity contribution < 1.29 is 4.74 Å². The second-order valence-corrected chi connectivity index (χ2v) is 9.31. The molecule has 150 valence electrons. The maximum Gasteiger partial charge on any atom is 0.126 e. The van der Waals surface area contributed by atoms with Gasteiger partial charge in [-0.25, -0.2) is 0 Å². The van der Waals surface area contributed by atoms with Gasteiger partial charge in [0.1, 0.15) is 5.75 Å². The van der Waals surface area contributed by atoms with Gasteiger partial charge in [0.2, 0.25) is 0 Å². The van der Waals surface area contributed by atoms with Crippen molar-refractivity contribution in [2.24, 2.45) is 0 Å². The molecule has 0 fully saturated rings. The van der Waals surface area contributed by atoms with Crippen LogP contribution in [0.4, 0.5) is 5.69 Å². The number of methoxy groups -OCH3 is 1. The molecule has 4 aromatic rings. The minimum absolute atomic E-state index is 0.185. The predicted molar refractivity (Wildman–Crippen MR) is 130 cm³/mol. The Kier molecular flexibility index (Phi) is 6.79. The summed E-state index contributed by atoms with van der Waals surface area (Å²) in [5, 5.41) is 6.41. The Morgan fingerprint density at radius 2 is 1.27 bits per heavy atom. The molecule has 0 unspecified atom stereocenters. The first-order chi connectivity index (χ1) is 14.8. The van der Waals surface area contributed by atoms with Gasteiger partial charge in [-0.1, -0.05) is 97.1 Å². The summed E-state index contributed by atoms with van der Waals surface area (Å²) in [4.78, 5) is 0. The lowest BCUT2D eigenvalue weighted by Gasteiger charge is -2.28. The number of nitrogens with one attached hydrogen (secondary N) is 1. The molecule has 4 aromatic carbocycles. The van der Waals surface area contributed by atoms with Crippen molar-refractivity contribution in [1.82, 2.24) is 0 Å². The molecule has 0 aliphatic rings. The first-order valence-electron chi connectivity index (χ1n) is 10.2. The first-order valence-corrected chi connectivity index (χ1v) is 11.7. The van der Waals surface area contributed by atoms with Crippen molar-refractivity contribution in [1.29, 1.82) is 0 Å². The molecule has 2 nitrogen and oxygen atoms in total. The molecule has 0 heterocycles. The van der Waals surface area contributed by atoms with Crippen molar-refractivity contribution in [3.63, 3.8) is 0 Å². The lowest BCUT2D eigenvalue weighted by molar-refractivity contribution is 0.418. The van der Waals surface area contributed by atoms with Crippen LogP contribution in [0.3, 0.4) is 0 Å². The fourth-order valence-corrected chi connectivity index (χ4v) is 6.22. The molecule has 0 aliphatic carbocycles. The van der Waals surface area contributed by atoms with Crippen LogP contribution in [0, 0.1) is 0 Å². The highest BCUT2D eigenvalue weighted by molar-refractivity contribution is 7.73. The smallest absolute Gasteiger partial charge is 0.126 e. The number of benzene rings is 4. The summed E-state index contributed by atoms with van der Waals surface area (Å²) in [6.07, 6.45) is 0.971. The topological polar surface area (TPSA) is 21.3 Å². The van der Waals surface area contributed by atoms with Crippen molar-refractivity contribution in [2.45, 2.75) is 6.04 Å². The van der Waals surface area contributed by atoms with E-state index in [-0.39, 0.29) is 6.04 Å². The van der Waals surface area contributed by atoms with Crippen LogP contribution in [0.2, 0.25) is 0 Å². The zero-order valence-electron chi connectivity index (χ0n) is 17.1. The van der Waals surface area contributed by atoms with E-state index in [9.17, 15) is 0 Å². The highest BCUT2D eigenvalue weighted by atomic mass is 31.1. The zero-order valence-corrected chi connectivity index (χ0v) is 18.0. The molecular weight excluding hydrogens is 385 g/mol. The lowest BCUT2D eigenvalue weighted by atomic mass is 10.1. The summed E-state index contributed by atoms with van der Waals surface area (Å²) in [5.74, 6) is 0.957. The third-order valence-corrected chi connectivity index (χ3v) is 7.73. The van der Waals surface area contributed by atoms with E-state index < -0.39 is 7.92 Å². The van der Waals surface area contributed by atoms with E-state index in [0.29, 0.717) is 0 Å². The monoisotopic (exact) mass is 411 g/mol. The quantitative estimate of drug-likeness (QED) is 0.360. The SMILES string of the molecule is COc1ccccc1[P@@](C[C@H](Nc1ccccc1)c1ccccc1)c1ccccc1. The molecule has 1 N–H and O–H groups in total. The van der Waals surface area contributed by atoms with Crippen molar-refractivity contribution >= 4 is 24.2 Å². The Hall–Kier alpha value is -3.09. The van der Waals surface area contributed by atoms with Crippen molar-refractivity contribution in [3.8, 4) is 5.75 Å². The molecule has 0 saturated heterocycles. The third-order valence-electron chi connectivity index (χ3n) is 5.13. The molecule has 0 radical (unpaired) electrons. The van der Waals surface area contributed by atoms with E-state index >= 15 is 0 Å². The standard InChI is InChI=1S/C27H26NOP/c1-29-26-19-11-12-20-27(26)30(24-17-9-4-10-18-24)21-25(22-13-5-2-6-14-22)28-23-15-7-3-8-16-23/h2-20,25,28H,21H2,1H3/t25-,30-/m0/s1. The second kappa shape index (κ2) is 10.1. The molecule has 0 spiro atoms. The van der Waals surface area contributed by atoms with Gasteiger partial charge in [0.05, 0.1) is 13.2 Å². The van der Waals surface area contributed by atoms with Gasteiger partial charge in [-0.15, -0.1) is 0 Å². The van der Waals surface area contributed by atoms with Gasteiger partial charge in [-0.05, 0) is 37.0 Å². The largest absolute Gasteiger partial charge is 0.496 e. The van der Waals surface area contributed by atoms with Gasteiger partial charge >= 0.3 is 0 Å². The van der Waals surface area contributed by atoms with E-state index in [1.165, 1.54) is 16.2 Å². The average Bonchev–Trinajstić information content (AvgIpc) is 2.83. The summed E-state index contributed by atoms with van der Waals surface area (Å²) >= 11 is 0. The zero-order chi connectivity index (χ0) is 20.6. The van der Waals surface area contributed by atoms with Crippen molar-refractivity contribution in [3.05, 3.63) is 121 Å². The Bertz CT molecular complexity index is 1040.